The van der Waals surface area contributed by atoms with E-state index in [4.69, 9.17) is 22.3 Å². The van der Waals surface area contributed by atoms with Crippen molar-refractivity contribution in [1.82, 2.24) is 19.9 Å². The minimum Gasteiger partial charge on any atom is -0.368 e. The van der Waals surface area contributed by atoms with Crippen molar-refractivity contribution in [2.75, 3.05) is 16.7 Å². The van der Waals surface area contributed by atoms with Crippen LogP contribution in [0.4, 0.5) is 11.6 Å². The van der Waals surface area contributed by atoms with Crippen molar-refractivity contribution in [3.63, 3.8) is 0 Å². The van der Waals surface area contributed by atoms with E-state index in [1.54, 1.807) is 30.5 Å². The first-order chi connectivity index (χ1) is 13.0. The molecule has 0 bridgehead atoms. The third-order valence-electron chi connectivity index (χ3n) is 3.89. The van der Waals surface area contributed by atoms with Gasteiger partial charge in [-0.3, -0.25) is 4.72 Å². The number of hydrogen-bond donors (Lipinski definition) is 3. The molecule has 0 aliphatic heterocycles. The number of nitrogens with zero attached hydrogens (tertiary/aromatic N) is 3. The molecule has 0 fully saturated rings. The average molecular weight is 421 g/mol. The van der Waals surface area contributed by atoms with Gasteiger partial charge in [0.1, 0.15) is 5.82 Å². The van der Waals surface area contributed by atoms with Gasteiger partial charge >= 0.3 is 0 Å². The van der Waals surface area contributed by atoms with E-state index in [0.29, 0.717) is 22.6 Å². The minimum absolute atomic E-state index is 0.133. The summed E-state index contributed by atoms with van der Waals surface area (Å²) in [6.45, 7) is 6.07. The van der Waals surface area contributed by atoms with E-state index in [9.17, 15) is 8.42 Å². The minimum atomic E-state index is -3.48. The summed E-state index contributed by atoms with van der Waals surface area (Å²) < 4.78 is 25.7. The van der Waals surface area contributed by atoms with Crippen LogP contribution in [0.2, 0.25) is 5.02 Å². The zero-order valence-corrected chi connectivity index (χ0v) is 17.5. The van der Waals surface area contributed by atoms with Gasteiger partial charge in [0.2, 0.25) is 16.0 Å². The van der Waals surface area contributed by atoms with Gasteiger partial charge in [-0.1, -0.05) is 44.5 Å². The second kappa shape index (κ2) is 7.06. The fraction of sp³-hybridized carbons (Fsp3) is 0.278. The molecule has 2 aromatic heterocycles. The molecule has 0 saturated heterocycles. The molecular formula is C18H21ClN6O2S. The Morgan fingerprint density at radius 2 is 1.89 bits per heavy atom. The van der Waals surface area contributed by atoms with E-state index in [1.165, 1.54) is 0 Å². The first-order valence-electron chi connectivity index (χ1n) is 8.42. The van der Waals surface area contributed by atoms with E-state index >= 15 is 0 Å². The van der Waals surface area contributed by atoms with E-state index in [-0.39, 0.29) is 22.1 Å². The number of benzene rings is 1. The molecule has 8 nitrogen and oxygen atoms in total. The zero-order chi connectivity index (χ0) is 20.7. The maximum absolute atomic E-state index is 11.6. The molecule has 0 unspecified atom stereocenters. The average Bonchev–Trinajstić information content (AvgIpc) is 3.01. The van der Waals surface area contributed by atoms with Gasteiger partial charge in [-0.25, -0.2) is 23.4 Å². The fourth-order valence-corrected chi connectivity index (χ4v) is 3.50. The molecule has 0 aliphatic rings. The van der Waals surface area contributed by atoms with Gasteiger partial charge in [-0.15, -0.1) is 0 Å². The SMILES string of the molecule is CC(C)(C)c1nc(-c2cccc(NS(C)(=O)=O)c2Cl)c(-c2ccnc(N)n2)[nH]1. The molecule has 3 rings (SSSR count). The Morgan fingerprint density at radius 3 is 2.50 bits per heavy atom. The number of imidazole rings is 1. The summed E-state index contributed by atoms with van der Waals surface area (Å²) in [6, 6.07) is 6.78. The highest BCUT2D eigenvalue weighted by atomic mass is 35.5. The quantitative estimate of drug-likeness (QED) is 0.593. The molecule has 0 radical (unpaired) electrons. The van der Waals surface area contributed by atoms with Crippen molar-refractivity contribution >= 4 is 33.3 Å². The van der Waals surface area contributed by atoms with Crippen molar-refractivity contribution in [1.29, 1.82) is 0 Å². The van der Waals surface area contributed by atoms with Crippen LogP contribution in [0.5, 0.6) is 0 Å². The monoisotopic (exact) mass is 420 g/mol. The third kappa shape index (κ3) is 4.26. The molecule has 4 N–H and O–H groups in total. The summed E-state index contributed by atoms with van der Waals surface area (Å²) in [4.78, 5) is 16.2. The number of sulfonamides is 1. The topological polar surface area (TPSA) is 127 Å². The molecule has 10 heteroatoms. The summed E-state index contributed by atoms with van der Waals surface area (Å²) in [5, 5.41) is 0.239. The Kier molecular flexibility index (Phi) is 5.07. The summed E-state index contributed by atoms with van der Waals surface area (Å²) >= 11 is 6.53. The number of aromatic amines is 1. The Bertz CT molecular complexity index is 1140. The first-order valence-corrected chi connectivity index (χ1v) is 10.7. The molecule has 3 aromatic rings. The first kappa shape index (κ1) is 20.1. The van der Waals surface area contributed by atoms with Crippen LogP contribution >= 0.6 is 11.6 Å². The van der Waals surface area contributed by atoms with Crippen molar-refractivity contribution in [3.8, 4) is 22.6 Å². The van der Waals surface area contributed by atoms with E-state index in [2.05, 4.69) is 19.7 Å². The lowest BCUT2D eigenvalue weighted by atomic mass is 9.96. The smallest absolute Gasteiger partial charge is 0.229 e. The van der Waals surface area contributed by atoms with Crippen molar-refractivity contribution < 1.29 is 8.42 Å². The summed E-state index contributed by atoms with van der Waals surface area (Å²) in [5.41, 5.74) is 8.04. The lowest BCUT2D eigenvalue weighted by Crippen LogP contribution is -2.13. The molecule has 148 valence electrons. The Morgan fingerprint density at radius 1 is 1.18 bits per heavy atom. The van der Waals surface area contributed by atoms with Crippen LogP contribution in [0.15, 0.2) is 30.5 Å². The molecule has 28 heavy (non-hydrogen) atoms. The highest BCUT2D eigenvalue weighted by Gasteiger charge is 2.25. The standard InChI is InChI=1S/C18H21ClN6O2S/c1-18(2,3)16-23-14(15(24-16)12-8-9-21-17(20)22-12)10-6-5-7-11(13(10)19)25-28(4,26)27/h5-9,25H,1-4H3,(H,23,24)(H2,20,21,22). The second-order valence-corrected chi connectivity index (χ2v) is 9.53. The van der Waals surface area contributed by atoms with E-state index in [0.717, 1.165) is 12.1 Å². The highest BCUT2D eigenvalue weighted by molar-refractivity contribution is 7.92. The lowest BCUT2D eigenvalue weighted by Gasteiger charge is -2.14. The maximum Gasteiger partial charge on any atom is 0.229 e. The van der Waals surface area contributed by atoms with Crippen molar-refractivity contribution in [2.45, 2.75) is 26.2 Å². The largest absolute Gasteiger partial charge is 0.368 e. The number of nitrogens with two attached hydrogens (primary N) is 1. The van der Waals surface area contributed by atoms with Gasteiger partial charge in [0, 0.05) is 17.2 Å². The Labute approximate surface area is 168 Å². The number of hydrogen-bond acceptors (Lipinski definition) is 6. The van der Waals surface area contributed by atoms with Crippen LogP contribution in [-0.4, -0.2) is 34.6 Å². The Hall–Kier alpha value is -2.65. The summed E-state index contributed by atoms with van der Waals surface area (Å²) in [6.07, 6.45) is 2.62. The molecule has 0 saturated carbocycles. The normalized spacial score (nSPS) is 12.2. The van der Waals surface area contributed by atoms with Gasteiger partial charge < -0.3 is 10.7 Å². The molecule has 1 aromatic carbocycles. The van der Waals surface area contributed by atoms with Crippen LogP contribution in [0.25, 0.3) is 22.6 Å². The lowest BCUT2D eigenvalue weighted by molar-refractivity contribution is 0.553. The van der Waals surface area contributed by atoms with Crippen molar-refractivity contribution in [2.24, 2.45) is 0 Å². The third-order valence-corrected chi connectivity index (χ3v) is 4.89. The van der Waals surface area contributed by atoms with E-state index < -0.39 is 10.0 Å². The number of aromatic nitrogens is 4. The second-order valence-electron chi connectivity index (χ2n) is 7.40. The number of nitrogens with one attached hydrogen (secondary N) is 2. The van der Waals surface area contributed by atoms with Crippen LogP contribution in [0.3, 0.4) is 0 Å². The molecule has 0 aliphatic carbocycles. The van der Waals surface area contributed by atoms with Gasteiger partial charge in [0.05, 0.1) is 34.0 Å². The van der Waals surface area contributed by atoms with Crippen LogP contribution in [0, 0.1) is 0 Å². The summed E-state index contributed by atoms with van der Waals surface area (Å²) in [5.74, 6) is 0.862. The number of rotatable bonds is 4. The van der Waals surface area contributed by atoms with Crippen LogP contribution < -0.4 is 10.5 Å². The highest BCUT2D eigenvalue weighted by Crippen LogP contribution is 2.39. The van der Waals surface area contributed by atoms with Gasteiger partial charge in [0.15, 0.2) is 0 Å². The maximum atomic E-state index is 11.6. The molecule has 2 heterocycles. The fourth-order valence-electron chi connectivity index (χ4n) is 2.62. The van der Waals surface area contributed by atoms with Crippen molar-refractivity contribution in [3.05, 3.63) is 41.3 Å². The van der Waals surface area contributed by atoms with Crippen LogP contribution in [0.1, 0.15) is 26.6 Å². The predicted octanol–water partition coefficient (Wildman–Crippen LogP) is 3.44. The molecule has 0 spiro atoms. The predicted molar refractivity (Wildman–Crippen MR) is 112 cm³/mol. The van der Waals surface area contributed by atoms with Gasteiger partial charge in [-0.05, 0) is 12.1 Å². The zero-order valence-electron chi connectivity index (χ0n) is 15.9. The molecule has 0 atom stereocenters. The number of nitrogen functional groups attached to an aromatic ring is 1. The molecular weight excluding hydrogens is 400 g/mol. The molecule has 0 amide bonds. The number of H-pyrrole nitrogens is 1. The van der Waals surface area contributed by atoms with Gasteiger partial charge in [-0.2, -0.15) is 0 Å². The summed E-state index contributed by atoms with van der Waals surface area (Å²) in [7, 11) is -3.48. The number of halogens is 1. The van der Waals surface area contributed by atoms with E-state index in [1.807, 2.05) is 20.8 Å². The number of anilines is 2. The van der Waals surface area contributed by atoms with Gasteiger partial charge in [0.25, 0.3) is 0 Å². The Balaban J connectivity index is 2.24. The van der Waals surface area contributed by atoms with Crippen LogP contribution in [-0.2, 0) is 15.4 Å².